The van der Waals surface area contributed by atoms with Crippen molar-refractivity contribution in [3.8, 4) is 0 Å². The highest BCUT2D eigenvalue weighted by Crippen LogP contribution is 2.25. The third kappa shape index (κ3) is 3.57. The zero-order chi connectivity index (χ0) is 14.0. The first-order valence-corrected chi connectivity index (χ1v) is 7.68. The number of hydrogen-bond donors (Lipinski definition) is 1. The number of aryl methyl sites for hydroxylation is 2. The molecule has 0 aliphatic rings. The topological polar surface area (TPSA) is 29.1 Å². The largest absolute Gasteiger partial charge is 0.322 e. The molecule has 2 aromatic rings. The fourth-order valence-corrected chi connectivity index (χ4v) is 3.15. The Balaban J connectivity index is 2.29. The van der Waals surface area contributed by atoms with Gasteiger partial charge in [0.05, 0.1) is 0 Å². The summed E-state index contributed by atoms with van der Waals surface area (Å²) < 4.78 is 2.07. The summed E-state index contributed by atoms with van der Waals surface area (Å²) in [5.74, 6) is -0.0768. The summed E-state index contributed by atoms with van der Waals surface area (Å²) in [6.45, 7) is 3.98. The number of carbonyl (C=O) groups excluding carboxylic acids is 1. The Morgan fingerprint density at radius 2 is 1.79 bits per heavy atom. The normalized spacial score (nSPS) is 10.3. The first-order chi connectivity index (χ1) is 8.97. The van der Waals surface area contributed by atoms with Crippen molar-refractivity contribution in [3.63, 3.8) is 0 Å². The number of amides is 1. The molecular weight excluding hydrogens is 417 g/mol. The van der Waals surface area contributed by atoms with E-state index >= 15 is 0 Å². The van der Waals surface area contributed by atoms with Crippen molar-refractivity contribution in [2.45, 2.75) is 13.8 Å². The van der Waals surface area contributed by atoms with Gasteiger partial charge >= 0.3 is 0 Å². The lowest BCUT2D eigenvalue weighted by Crippen LogP contribution is -2.13. The number of nitrogens with one attached hydrogen (secondary N) is 1. The average Bonchev–Trinajstić information content (AvgIpc) is 2.33. The van der Waals surface area contributed by atoms with Crippen molar-refractivity contribution in [2.75, 3.05) is 5.32 Å². The lowest BCUT2D eigenvalue weighted by atomic mass is 10.1. The number of halogens is 2. The maximum atomic E-state index is 12.2. The van der Waals surface area contributed by atoms with Crippen molar-refractivity contribution < 1.29 is 4.79 Å². The van der Waals surface area contributed by atoms with Crippen molar-refractivity contribution in [2.24, 2.45) is 0 Å². The van der Waals surface area contributed by atoms with Crippen LogP contribution >= 0.6 is 38.5 Å². The number of benzene rings is 2. The van der Waals surface area contributed by atoms with E-state index in [9.17, 15) is 4.79 Å². The van der Waals surface area contributed by atoms with E-state index in [0.29, 0.717) is 5.56 Å². The minimum absolute atomic E-state index is 0.0768. The Kier molecular flexibility index (Phi) is 4.62. The predicted molar refractivity (Wildman–Crippen MR) is 90.7 cm³/mol. The van der Waals surface area contributed by atoms with Gasteiger partial charge in [-0.15, -0.1) is 0 Å². The van der Waals surface area contributed by atoms with Crippen LogP contribution in [0.4, 0.5) is 5.69 Å². The van der Waals surface area contributed by atoms with Gasteiger partial charge in [-0.25, -0.2) is 0 Å². The number of anilines is 1. The van der Waals surface area contributed by atoms with Gasteiger partial charge in [-0.1, -0.05) is 22.0 Å². The Bertz CT molecular complexity index is 617. The van der Waals surface area contributed by atoms with Gasteiger partial charge in [0.1, 0.15) is 0 Å². The Morgan fingerprint density at radius 3 is 2.37 bits per heavy atom. The van der Waals surface area contributed by atoms with Gasteiger partial charge in [0, 0.05) is 19.3 Å². The first-order valence-electron chi connectivity index (χ1n) is 5.81. The molecule has 19 heavy (non-hydrogen) atoms. The van der Waals surface area contributed by atoms with Crippen LogP contribution in [-0.2, 0) is 0 Å². The second-order valence-electron chi connectivity index (χ2n) is 4.38. The number of rotatable bonds is 2. The highest BCUT2D eigenvalue weighted by molar-refractivity contribution is 14.1. The minimum Gasteiger partial charge on any atom is -0.322 e. The second-order valence-corrected chi connectivity index (χ2v) is 6.54. The van der Waals surface area contributed by atoms with E-state index in [1.807, 2.05) is 50.2 Å². The molecule has 98 valence electrons. The molecule has 0 saturated heterocycles. The van der Waals surface area contributed by atoms with Gasteiger partial charge in [-0.3, -0.25) is 4.79 Å². The van der Waals surface area contributed by atoms with Gasteiger partial charge in [-0.05, 0) is 77.9 Å². The molecule has 0 atom stereocenters. The van der Waals surface area contributed by atoms with Crippen molar-refractivity contribution in [3.05, 3.63) is 61.1 Å². The minimum atomic E-state index is -0.0768. The molecule has 0 bridgehead atoms. The molecule has 1 amide bonds. The van der Waals surface area contributed by atoms with E-state index in [0.717, 1.165) is 24.9 Å². The SMILES string of the molecule is Cc1cc(Br)cc(C)c1NC(=O)c1cccc(I)c1. The predicted octanol–water partition coefficient (Wildman–Crippen LogP) is 4.92. The highest BCUT2D eigenvalue weighted by atomic mass is 127. The molecule has 4 heteroatoms. The summed E-state index contributed by atoms with van der Waals surface area (Å²) in [4.78, 5) is 12.2. The fourth-order valence-electron chi connectivity index (χ4n) is 1.92. The van der Waals surface area contributed by atoms with Crippen LogP contribution in [0.2, 0.25) is 0 Å². The highest BCUT2D eigenvalue weighted by Gasteiger charge is 2.10. The molecule has 0 aliphatic heterocycles. The molecule has 0 aromatic heterocycles. The van der Waals surface area contributed by atoms with Crippen LogP contribution in [0.15, 0.2) is 40.9 Å². The van der Waals surface area contributed by atoms with E-state index in [2.05, 4.69) is 43.8 Å². The number of carbonyl (C=O) groups is 1. The maximum Gasteiger partial charge on any atom is 0.255 e. The first kappa shape index (κ1) is 14.5. The van der Waals surface area contributed by atoms with Crippen LogP contribution in [0.1, 0.15) is 21.5 Å². The van der Waals surface area contributed by atoms with Gasteiger partial charge < -0.3 is 5.32 Å². The van der Waals surface area contributed by atoms with E-state index < -0.39 is 0 Å². The van der Waals surface area contributed by atoms with E-state index in [4.69, 9.17) is 0 Å². The van der Waals surface area contributed by atoms with Crippen LogP contribution in [0.3, 0.4) is 0 Å². The molecule has 0 unspecified atom stereocenters. The molecule has 0 saturated carbocycles. The Hall–Kier alpha value is -0.880. The van der Waals surface area contributed by atoms with Crippen LogP contribution in [0, 0.1) is 17.4 Å². The molecule has 2 rings (SSSR count). The summed E-state index contributed by atoms with van der Waals surface area (Å²) in [5, 5.41) is 2.99. The lowest BCUT2D eigenvalue weighted by molar-refractivity contribution is 0.102. The molecular formula is C15H13BrINO. The van der Waals surface area contributed by atoms with Gasteiger partial charge in [0.15, 0.2) is 0 Å². The summed E-state index contributed by atoms with van der Waals surface area (Å²) in [7, 11) is 0. The summed E-state index contributed by atoms with van der Waals surface area (Å²) in [6.07, 6.45) is 0. The molecule has 0 aliphatic carbocycles. The molecule has 1 N–H and O–H groups in total. The summed E-state index contributed by atoms with van der Waals surface area (Å²) in [6, 6.07) is 11.5. The quantitative estimate of drug-likeness (QED) is 0.674. The van der Waals surface area contributed by atoms with Crippen LogP contribution in [0.5, 0.6) is 0 Å². The average molecular weight is 430 g/mol. The lowest BCUT2D eigenvalue weighted by Gasteiger charge is -2.12. The molecule has 2 nitrogen and oxygen atoms in total. The van der Waals surface area contributed by atoms with Gasteiger partial charge in [0.25, 0.3) is 5.91 Å². The third-order valence-electron chi connectivity index (χ3n) is 2.82. The maximum absolute atomic E-state index is 12.2. The Labute approximate surface area is 134 Å². The van der Waals surface area contributed by atoms with Gasteiger partial charge in [-0.2, -0.15) is 0 Å². The van der Waals surface area contributed by atoms with Gasteiger partial charge in [0.2, 0.25) is 0 Å². The van der Waals surface area contributed by atoms with Crippen LogP contribution in [0.25, 0.3) is 0 Å². The monoisotopic (exact) mass is 429 g/mol. The van der Waals surface area contributed by atoms with E-state index in [1.54, 1.807) is 0 Å². The van der Waals surface area contributed by atoms with Crippen molar-refractivity contribution in [1.82, 2.24) is 0 Å². The second kappa shape index (κ2) is 6.05. The third-order valence-corrected chi connectivity index (χ3v) is 3.95. The van der Waals surface area contributed by atoms with E-state index in [1.165, 1.54) is 0 Å². The molecule has 0 heterocycles. The van der Waals surface area contributed by atoms with Crippen molar-refractivity contribution >= 4 is 50.1 Å². The standard InChI is InChI=1S/C15H13BrINO/c1-9-6-12(16)7-10(2)14(9)18-15(19)11-4-3-5-13(17)8-11/h3-8H,1-2H3,(H,18,19). The summed E-state index contributed by atoms with van der Waals surface area (Å²) >= 11 is 5.66. The van der Waals surface area contributed by atoms with Crippen LogP contribution < -0.4 is 5.32 Å². The smallest absolute Gasteiger partial charge is 0.255 e. The zero-order valence-corrected chi connectivity index (χ0v) is 14.4. The summed E-state index contributed by atoms with van der Waals surface area (Å²) in [5.41, 5.74) is 3.65. The molecule has 0 radical (unpaired) electrons. The van der Waals surface area contributed by atoms with Crippen molar-refractivity contribution in [1.29, 1.82) is 0 Å². The van der Waals surface area contributed by atoms with E-state index in [-0.39, 0.29) is 5.91 Å². The Morgan fingerprint density at radius 1 is 1.16 bits per heavy atom. The molecule has 0 fully saturated rings. The van der Waals surface area contributed by atoms with Crippen LogP contribution in [-0.4, -0.2) is 5.91 Å². The fraction of sp³-hybridized carbons (Fsp3) is 0.133. The molecule has 2 aromatic carbocycles. The molecule has 0 spiro atoms. The zero-order valence-electron chi connectivity index (χ0n) is 10.6. The number of hydrogen-bond acceptors (Lipinski definition) is 1.